The Morgan fingerprint density at radius 3 is 2.35 bits per heavy atom. The first-order chi connectivity index (χ1) is 10.6. The van der Waals surface area contributed by atoms with Crippen LogP contribution in [0.1, 0.15) is 72.6 Å². The summed E-state index contributed by atoms with van der Waals surface area (Å²) in [6, 6.07) is 0. The van der Waals surface area contributed by atoms with Gasteiger partial charge in [-0.3, -0.25) is 0 Å². The van der Waals surface area contributed by atoms with Crippen molar-refractivity contribution >= 4 is 0 Å². The first-order valence-corrected chi connectivity index (χ1v) is 9.62. The molecule has 0 saturated heterocycles. The van der Waals surface area contributed by atoms with Gasteiger partial charge in [0.2, 0.25) is 0 Å². The van der Waals surface area contributed by atoms with Crippen molar-refractivity contribution in [2.24, 2.45) is 34.0 Å². The molecular weight excluding hydrogens is 288 g/mol. The first-order valence-electron chi connectivity index (χ1n) is 9.62. The van der Waals surface area contributed by atoms with Crippen molar-refractivity contribution in [1.29, 1.82) is 0 Å². The van der Waals surface area contributed by atoms with Crippen LogP contribution < -0.4 is 0 Å². The minimum Gasteiger partial charge on any atom is -0.394 e. The van der Waals surface area contributed by atoms with Crippen molar-refractivity contribution in [2.75, 3.05) is 6.61 Å². The number of aliphatic hydroxyl groups is 3. The third kappa shape index (κ3) is 2.58. The van der Waals surface area contributed by atoms with Crippen molar-refractivity contribution < 1.29 is 15.3 Å². The summed E-state index contributed by atoms with van der Waals surface area (Å²) in [5, 5.41) is 30.6. The monoisotopic (exact) mass is 324 g/mol. The van der Waals surface area contributed by atoms with Gasteiger partial charge in [0.05, 0.1) is 18.8 Å². The Balaban J connectivity index is 1.87. The lowest BCUT2D eigenvalue weighted by Crippen LogP contribution is -2.60. The van der Waals surface area contributed by atoms with Crippen LogP contribution in [0.2, 0.25) is 0 Å². The summed E-state index contributed by atoms with van der Waals surface area (Å²) in [6.45, 7) is 9.14. The molecule has 0 bridgehead atoms. The topological polar surface area (TPSA) is 60.7 Å². The van der Waals surface area contributed by atoms with Gasteiger partial charge in [-0.05, 0) is 78.9 Å². The van der Waals surface area contributed by atoms with Crippen LogP contribution in [0.4, 0.5) is 0 Å². The van der Waals surface area contributed by atoms with Gasteiger partial charge in [-0.1, -0.05) is 27.7 Å². The summed E-state index contributed by atoms with van der Waals surface area (Å²) >= 11 is 0. The minimum absolute atomic E-state index is 0.0240. The molecule has 0 aromatic carbocycles. The highest BCUT2D eigenvalue weighted by molar-refractivity contribution is 5.09. The Morgan fingerprint density at radius 2 is 1.70 bits per heavy atom. The Labute approximate surface area is 141 Å². The van der Waals surface area contributed by atoms with Gasteiger partial charge in [-0.2, -0.15) is 0 Å². The molecule has 7 atom stereocenters. The Bertz CT molecular complexity index is 448. The van der Waals surface area contributed by atoms with E-state index in [2.05, 4.69) is 27.7 Å². The normalized spacial score (nSPS) is 50.7. The molecule has 0 spiro atoms. The van der Waals surface area contributed by atoms with Gasteiger partial charge in [0.25, 0.3) is 0 Å². The van der Waals surface area contributed by atoms with Crippen LogP contribution in [0.15, 0.2) is 0 Å². The molecule has 0 heterocycles. The third-order valence-corrected chi connectivity index (χ3v) is 8.40. The number of hydrogen-bond donors (Lipinski definition) is 3. The number of aliphatic hydroxyl groups excluding tert-OH is 3. The van der Waals surface area contributed by atoms with E-state index in [0.29, 0.717) is 23.2 Å². The zero-order valence-corrected chi connectivity index (χ0v) is 15.4. The number of rotatable bonds is 2. The van der Waals surface area contributed by atoms with E-state index >= 15 is 0 Å². The van der Waals surface area contributed by atoms with Crippen molar-refractivity contribution in [1.82, 2.24) is 0 Å². The van der Waals surface area contributed by atoms with E-state index in [9.17, 15) is 15.3 Å². The molecule has 3 N–H and O–H groups in total. The van der Waals surface area contributed by atoms with E-state index < -0.39 is 6.10 Å². The van der Waals surface area contributed by atoms with Gasteiger partial charge >= 0.3 is 0 Å². The average molecular weight is 325 g/mol. The molecule has 3 nitrogen and oxygen atoms in total. The summed E-state index contributed by atoms with van der Waals surface area (Å²) in [4.78, 5) is 0. The van der Waals surface area contributed by atoms with Gasteiger partial charge in [-0.15, -0.1) is 0 Å². The first kappa shape index (κ1) is 17.7. The molecule has 23 heavy (non-hydrogen) atoms. The standard InChI is InChI=1S/C20H36O3/c1-18(2)9-8-16(22)20(4)14-7-10-19(3,17(23)12-21)11-13(14)5-6-15(18)20/h13-17,21-23H,5-12H2,1-4H3. The maximum Gasteiger partial charge on any atom is 0.0824 e. The molecule has 3 saturated carbocycles. The predicted molar refractivity (Wildman–Crippen MR) is 91.9 cm³/mol. The van der Waals surface area contributed by atoms with Crippen molar-refractivity contribution in [3.8, 4) is 0 Å². The smallest absolute Gasteiger partial charge is 0.0824 e. The van der Waals surface area contributed by atoms with Gasteiger partial charge in [0.15, 0.2) is 0 Å². The molecule has 3 fully saturated rings. The molecular formula is C20H36O3. The van der Waals surface area contributed by atoms with Gasteiger partial charge in [0, 0.05) is 0 Å². The molecule has 0 amide bonds. The van der Waals surface area contributed by atoms with Crippen LogP contribution in [-0.4, -0.2) is 34.1 Å². The largest absolute Gasteiger partial charge is 0.394 e. The minimum atomic E-state index is -0.610. The maximum atomic E-state index is 10.9. The summed E-state index contributed by atoms with van der Waals surface area (Å²) in [6.07, 6.45) is 6.73. The van der Waals surface area contributed by atoms with Gasteiger partial charge in [0.1, 0.15) is 0 Å². The van der Waals surface area contributed by atoms with E-state index in [1.807, 2.05) is 0 Å². The SMILES string of the molecule is CC1(C)CCC(O)C2(C)C3CCC(C)(C(O)CO)CC3CCC12. The predicted octanol–water partition coefficient (Wildman–Crippen LogP) is 3.36. The molecule has 0 radical (unpaired) electrons. The molecule has 0 aromatic rings. The van der Waals surface area contributed by atoms with Crippen LogP contribution in [0, 0.1) is 34.0 Å². The fourth-order valence-corrected chi connectivity index (χ4v) is 6.87. The Morgan fingerprint density at radius 1 is 1.00 bits per heavy atom. The second-order valence-electron chi connectivity index (χ2n) is 10.0. The zero-order chi connectivity index (χ0) is 17.0. The second-order valence-corrected chi connectivity index (χ2v) is 10.0. The molecule has 0 aromatic heterocycles. The average Bonchev–Trinajstić information content (AvgIpc) is 2.50. The molecule has 0 aliphatic heterocycles. The Kier molecular flexibility index (Phi) is 4.39. The Hall–Kier alpha value is -0.120. The van der Waals surface area contributed by atoms with Crippen LogP contribution in [0.3, 0.4) is 0 Å². The van der Waals surface area contributed by atoms with E-state index in [0.717, 1.165) is 32.1 Å². The second kappa shape index (κ2) is 5.71. The number of fused-ring (bicyclic) bond motifs is 3. The third-order valence-electron chi connectivity index (χ3n) is 8.40. The van der Waals surface area contributed by atoms with Crippen molar-refractivity contribution in [3.05, 3.63) is 0 Å². The molecule has 3 heteroatoms. The molecule has 3 aliphatic rings. The van der Waals surface area contributed by atoms with Crippen LogP contribution in [-0.2, 0) is 0 Å². The summed E-state index contributed by atoms with van der Waals surface area (Å²) in [5.74, 6) is 1.75. The van der Waals surface area contributed by atoms with Crippen molar-refractivity contribution in [3.63, 3.8) is 0 Å². The van der Waals surface area contributed by atoms with Crippen LogP contribution >= 0.6 is 0 Å². The summed E-state index contributed by atoms with van der Waals surface area (Å²) in [5.41, 5.74) is 0.189. The zero-order valence-electron chi connectivity index (χ0n) is 15.4. The summed E-state index contributed by atoms with van der Waals surface area (Å²) in [7, 11) is 0. The van der Waals surface area contributed by atoms with Gasteiger partial charge < -0.3 is 15.3 Å². The lowest BCUT2D eigenvalue weighted by molar-refractivity contribution is -0.190. The van der Waals surface area contributed by atoms with E-state index in [1.165, 1.54) is 12.8 Å². The lowest BCUT2D eigenvalue weighted by atomic mass is 9.42. The fourth-order valence-electron chi connectivity index (χ4n) is 6.87. The van der Waals surface area contributed by atoms with E-state index in [1.54, 1.807) is 0 Å². The van der Waals surface area contributed by atoms with E-state index in [4.69, 9.17) is 0 Å². The molecule has 3 rings (SSSR count). The maximum absolute atomic E-state index is 10.9. The molecule has 3 aliphatic carbocycles. The van der Waals surface area contributed by atoms with E-state index in [-0.39, 0.29) is 23.5 Å². The van der Waals surface area contributed by atoms with Crippen LogP contribution in [0.25, 0.3) is 0 Å². The summed E-state index contributed by atoms with van der Waals surface area (Å²) < 4.78 is 0. The van der Waals surface area contributed by atoms with Crippen molar-refractivity contribution in [2.45, 2.75) is 84.8 Å². The molecule has 134 valence electrons. The fraction of sp³-hybridized carbons (Fsp3) is 1.00. The number of hydrogen-bond acceptors (Lipinski definition) is 3. The lowest BCUT2D eigenvalue weighted by Gasteiger charge is -2.63. The quantitative estimate of drug-likeness (QED) is 0.730. The highest BCUT2D eigenvalue weighted by atomic mass is 16.3. The molecule has 7 unspecified atom stereocenters. The van der Waals surface area contributed by atoms with Crippen LogP contribution in [0.5, 0.6) is 0 Å². The van der Waals surface area contributed by atoms with Gasteiger partial charge in [-0.25, -0.2) is 0 Å². The highest BCUT2D eigenvalue weighted by Crippen LogP contribution is 2.65. The highest BCUT2D eigenvalue weighted by Gasteiger charge is 2.60.